The van der Waals surface area contributed by atoms with E-state index in [9.17, 15) is 33.9 Å². The van der Waals surface area contributed by atoms with Crippen molar-refractivity contribution in [1.29, 1.82) is 0 Å². The number of esters is 1. The topological polar surface area (TPSA) is 327 Å². The predicted molar refractivity (Wildman–Crippen MR) is 178 cm³/mol. The number of hydrogen-bond acceptors (Lipinski definition) is 18. The van der Waals surface area contributed by atoms with E-state index in [-0.39, 0.29) is 29.2 Å². The maximum absolute atomic E-state index is 13.0. The summed E-state index contributed by atoms with van der Waals surface area (Å²) in [6.45, 7) is 0.754. The maximum atomic E-state index is 13.0. The van der Waals surface area contributed by atoms with Gasteiger partial charge in [-0.1, -0.05) is 26.2 Å². The lowest BCUT2D eigenvalue weighted by Gasteiger charge is -2.27. The van der Waals surface area contributed by atoms with Crippen LogP contribution in [0.5, 0.6) is 0 Å². The van der Waals surface area contributed by atoms with Gasteiger partial charge in [-0.15, -0.1) is 0 Å². The second kappa shape index (κ2) is 16.1. The van der Waals surface area contributed by atoms with Crippen molar-refractivity contribution < 1.29 is 56.9 Å². The highest BCUT2D eigenvalue weighted by molar-refractivity contribution is 7.58. The lowest BCUT2D eigenvalue weighted by molar-refractivity contribution is -0.158. The smallest absolute Gasteiger partial charge is 0.455 e. The Labute approximate surface area is 290 Å². The van der Waals surface area contributed by atoms with Crippen molar-refractivity contribution in [3.8, 4) is 0 Å². The number of nitrogens with two attached hydrogens (primary N) is 3. The van der Waals surface area contributed by atoms with Crippen LogP contribution < -0.4 is 22.9 Å². The van der Waals surface area contributed by atoms with Crippen molar-refractivity contribution in [1.82, 2.24) is 29.1 Å². The molecule has 24 heteroatoms. The summed E-state index contributed by atoms with van der Waals surface area (Å²) in [5.74, 6) is -0.759. The van der Waals surface area contributed by atoms with Crippen LogP contribution in [0.2, 0.25) is 0 Å². The van der Waals surface area contributed by atoms with Gasteiger partial charge in [-0.05, 0) is 18.8 Å². The number of aromatic nitrogens is 6. The fourth-order valence-corrected chi connectivity index (χ4v) is 7.05. The molecule has 3 aromatic rings. The number of unbranched alkanes of at least 4 members (excludes halogenated alkanes) is 2. The molecular formula is C27H41N9O13P2. The van der Waals surface area contributed by atoms with E-state index >= 15 is 0 Å². The largest absolute Gasteiger partial charge is 0.469 e. The van der Waals surface area contributed by atoms with Gasteiger partial charge in [0.25, 0.3) is 0 Å². The third-order valence-corrected chi connectivity index (χ3v) is 9.77. The highest BCUT2D eigenvalue weighted by atomic mass is 31.2. The van der Waals surface area contributed by atoms with E-state index < -0.39 is 89.3 Å². The molecule has 22 nitrogen and oxygen atoms in total. The Balaban J connectivity index is 1.33. The molecule has 0 saturated carbocycles. The highest BCUT2D eigenvalue weighted by Gasteiger charge is 2.49. The number of carbonyl (C=O) groups is 1. The second-order valence-corrected chi connectivity index (χ2v) is 14.9. The van der Waals surface area contributed by atoms with E-state index in [1.807, 2.05) is 6.92 Å². The summed E-state index contributed by atoms with van der Waals surface area (Å²) in [6.07, 6.45) is 1.29. The van der Waals surface area contributed by atoms with Crippen molar-refractivity contribution in [3.05, 3.63) is 35.4 Å². The van der Waals surface area contributed by atoms with E-state index in [1.165, 1.54) is 29.5 Å². The Morgan fingerprint density at radius 3 is 2.57 bits per heavy atom. The molecule has 282 valence electrons. The van der Waals surface area contributed by atoms with Crippen molar-refractivity contribution in [2.24, 2.45) is 5.73 Å². The summed E-state index contributed by atoms with van der Waals surface area (Å²) < 4.78 is 47.5. The van der Waals surface area contributed by atoms with Gasteiger partial charge in [0.05, 0.1) is 25.6 Å². The molecule has 0 radical (unpaired) electrons. The Hall–Kier alpha value is -3.37. The number of phosphoric acid groups is 1. The fourth-order valence-electron chi connectivity index (χ4n) is 5.62. The predicted octanol–water partition coefficient (Wildman–Crippen LogP) is -0.689. The van der Waals surface area contributed by atoms with Crippen molar-refractivity contribution in [2.45, 2.75) is 88.0 Å². The molecule has 1 unspecified atom stereocenters. The van der Waals surface area contributed by atoms with E-state index in [0.717, 1.165) is 17.4 Å². The SMILES string of the molecule is C=P(O)(OC[C@H]1O[C@@H](n2cnc3c(N)ncnc32)[C@H](O)[C@@H]1OC(=O)[C@@H](N)CCCCC)O[C@H]1C[C@H](n2ccc(N)nc2=O)O[C@@H]1COP(=O)(O)O. The molecule has 0 aliphatic carbocycles. The van der Waals surface area contributed by atoms with Crippen LogP contribution in [-0.2, 0) is 37.1 Å². The zero-order chi connectivity index (χ0) is 37.1. The van der Waals surface area contributed by atoms with Gasteiger partial charge in [0, 0.05) is 12.6 Å². The summed E-state index contributed by atoms with van der Waals surface area (Å²) in [4.78, 5) is 71.1. The molecule has 51 heavy (non-hydrogen) atoms. The van der Waals surface area contributed by atoms with Gasteiger partial charge < -0.3 is 60.2 Å². The normalized spacial score (nSPS) is 27.1. The highest BCUT2D eigenvalue weighted by Crippen LogP contribution is 2.49. The van der Waals surface area contributed by atoms with Crippen molar-refractivity contribution in [3.63, 3.8) is 0 Å². The minimum Gasteiger partial charge on any atom is -0.455 e. The van der Waals surface area contributed by atoms with Gasteiger partial charge in [0.1, 0.15) is 48.2 Å². The Morgan fingerprint density at radius 2 is 1.86 bits per heavy atom. The first-order valence-corrected chi connectivity index (χ1v) is 19.1. The van der Waals surface area contributed by atoms with E-state index in [0.29, 0.717) is 12.8 Å². The molecule has 0 spiro atoms. The number of phosphoric ester groups is 1. The minimum atomic E-state index is -4.96. The van der Waals surface area contributed by atoms with Gasteiger partial charge in [0.2, 0.25) is 7.57 Å². The quantitative estimate of drug-likeness (QED) is 0.0539. The van der Waals surface area contributed by atoms with Gasteiger partial charge in [-0.25, -0.2) is 24.3 Å². The maximum Gasteiger partial charge on any atom is 0.469 e. The molecule has 5 rings (SSSR count). The Kier molecular flexibility index (Phi) is 12.3. The number of carbonyl (C=O) groups excluding carboxylic acids is 1. The number of aliphatic hydroxyl groups excluding tert-OH is 1. The third-order valence-electron chi connectivity index (χ3n) is 8.13. The van der Waals surface area contributed by atoms with Crippen LogP contribution in [0.25, 0.3) is 11.2 Å². The molecule has 10 N–H and O–H groups in total. The zero-order valence-corrected chi connectivity index (χ0v) is 29.1. The Bertz CT molecular complexity index is 1840. The molecular weight excluding hydrogens is 720 g/mol. The zero-order valence-electron chi connectivity index (χ0n) is 27.4. The summed E-state index contributed by atoms with van der Waals surface area (Å²) in [6, 6.07) is 0.352. The number of fused-ring (bicyclic) bond motifs is 1. The van der Waals surface area contributed by atoms with Crippen molar-refractivity contribution in [2.75, 3.05) is 24.7 Å². The standard InChI is InChI=1S/C27H41N9O13P2/c1-3-4-5-6-14(28)26(38)48-22-17(47-25(21(22)37)36-13-33-20-23(30)31-12-32-24(20)36)11-44-50(2,40)49-15-9-19(35-8-7-18(29)34-27(35)39)46-16(15)10-45-51(41,42)43/h7-8,12-17,19,21-22,25,37,40H,2-6,9-11,28H2,1H3,(H2,29,34,39)(H2,30,31,32)(H2,41,42,43)/t14-,15-,16+,17+,19+,21+,22+,25+,50?/m0/s1. The fraction of sp³-hybridized carbons (Fsp3) is 0.593. The molecule has 5 heterocycles. The average Bonchev–Trinajstić information content (AvgIpc) is 3.74. The number of rotatable bonds is 16. The van der Waals surface area contributed by atoms with E-state index in [1.54, 1.807) is 0 Å². The van der Waals surface area contributed by atoms with E-state index in [4.69, 9.17) is 40.5 Å². The van der Waals surface area contributed by atoms with Crippen LogP contribution in [0.15, 0.2) is 29.7 Å². The first-order valence-electron chi connectivity index (χ1n) is 15.8. The first kappa shape index (κ1) is 38.9. The molecule has 2 aliphatic heterocycles. The monoisotopic (exact) mass is 761 g/mol. The number of hydrogen-bond donors (Lipinski definition) is 7. The number of imidazole rings is 1. The van der Waals surface area contributed by atoms with Crippen LogP contribution in [0.1, 0.15) is 51.5 Å². The molecule has 2 saturated heterocycles. The van der Waals surface area contributed by atoms with Gasteiger partial charge in [-0.3, -0.25) is 18.5 Å². The summed E-state index contributed by atoms with van der Waals surface area (Å²) in [7, 11) is -9.07. The van der Waals surface area contributed by atoms with Crippen LogP contribution in [0.3, 0.4) is 0 Å². The van der Waals surface area contributed by atoms with Gasteiger partial charge >= 0.3 is 19.5 Å². The minimum absolute atomic E-state index is 0.0440. The Morgan fingerprint density at radius 1 is 1.12 bits per heavy atom. The second-order valence-electron chi connectivity index (χ2n) is 11.9. The van der Waals surface area contributed by atoms with Crippen molar-refractivity contribution >= 4 is 50.5 Å². The summed E-state index contributed by atoms with van der Waals surface area (Å²) in [5, 5.41) is 11.4. The number of aliphatic hydroxyl groups is 1. The molecule has 2 aliphatic rings. The third kappa shape index (κ3) is 9.55. The van der Waals surface area contributed by atoms with E-state index in [2.05, 4.69) is 30.8 Å². The molecule has 3 aromatic heterocycles. The number of anilines is 2. The number of ether oxygens (including phenoxy) is 3. The average molecular weight is 762 g/mol. The van der Waals surface area contributed by atoms with Gasteiger partial charge in [-0.2, -0.15) is 4.98 Å². The first-order chi connectivity index (χ1) is 24.1. The van der Waals surface area contributed by atoms with Crippen LogP contribution in [0.4, 0.5) is 11.6 Å². The molecule has 0 aromatic carbocycles. The van der Waals surface area contributed by atoms with Crippen LogP contribution in [-0.4, -0.2) is 111 Å². The van der Waals surface area contributed by atoms with Crippen LogP contribution >= 0.6 is 15.4 Å². The number of nitrogen functional groups attached to an aromatic ring is 2. The molecule has 0 bridgehead atoms. The number of nitrogens with zero attached hydrogens (tertiary/aromatic N) is 6. The summed E-state index contributed by atoms with van der Waals surface area (Å²) in [5.41, 5.74) is 17.2. The van der Waals surface area contributed by atoms with Gasteiger partial charge in [0.15, 0.2) is 23.8 Å². The lowest BCUT2D eigenvalue weighted by Crippen LogP contribution is -2.43. The van der Waals surface area contributed by atoms with Crippen LogP contribution in [0, 0.1) is 0 Å². The molecule has 2 fully saturated rings. The summed E-state index contributed by atoms with van der Waals surface area (Å²) >= 11 is 0. The lowest BCUT2D eigenvalue weighted by atomic mass is 10.1. The molecule has 0 amide bonds. The molecule has 9 atom stereocenters.